The molecule has 0 aliphatic heterocycles. The van der Waals surface area contributed by atoms with Crippen molar-refractivity contribution in [2.75, 3.05) is 0 Å². The van der Waals surface area contributed by atoms with Gasteiger partial charge >= 0.3 is 5.97 Å². The molecular formula is C22H17N3O5. The third kappa shape index (κ3) is 3.62. The van der Waals surface area contributed by atoms with Crippen LogP contribution in [0.5, 0.6) is 0 Å². The van der Waals surface area contributed by atoms with Crippen LogP contribution in [0.15, 0.2) is 59.1 Å². The van der Waals surface area contributed by atoms with Gasteiger partial charge in [0.25, 0.3) is 11.4 Å². The van der Waals surface area contributed by atoms with Gasteiger partial charge in [-0.2, -0.15) is 0 Å². The summed E-state index contributed by atoms with van der Waals surface area (Å²) in [7, 11) is 0. The Kier molecular flexibility index (Phi) is 4.97. The summed E-state index contributed by atoms with van der Waals surface area (Å²) >= 11 is 0. The molecule has 0 spiro atoms. The minimum Gasteiger partial charge on any atom is -0.457 e. The van der Waals surface area contributed by atoms with Crippen LogP contribution in [0.1, 0.15) is 27.2 Å². The Morgan fingerprint density at radius 2 is 1.87 bits per heavy atom. The summed E-state index contributed by atoms with van der Waals surface area (Å²) in [6.45, 7) is 3.45. The molecule has 0 atom stereocenters. The topological polar surface area (TPSA) is 108 Å². The zero-order valence-corrected chi connectivity index (χ0v) is 16.3. The van der Waals surface area contributed by atoms with Gasteiger partial charge in [-0.25, -0.2) is 9.78 Å². The van der Waals surface area contributed by atoms with Crippen molar-refractivity contribution in [2.45, 2.75) is 20.5 Å². The van der Waals surface area contributed by atoms with E-state index in [9.17, 15) is 14.9 Å². The highest BCUT2D eigenvalue weighted by Gasteiger charge is 2.22. The molecule has 0 unspecified atom stereocenters. The molecule has 0 N–H and O–H groups in total. The van der Waals surface area contributed by atoms with Gasteiger partial charge in [-0.1, -0.05) is 47.1 Å². The van der Waals surface area contributed by atoms with Crippen LogP contribution >= 0.6 is 0 Å². The van der Waals surface area contributed by atoms with Crippen molar-refractivity contribution in [3.05, 3.63) is 87.1 Å². The predicted octanol–water partition coefficient (Wildman–Crippen LogP) is 4.77. The first-order valence-corrected chi connectivity index (χ1v) is 9.17. The fraction of sp³-hybridized carbons (Fsp3) is 0.136. The molecule has 2 aromatic heterocycles. The van der Waals surface area contributed by atoms with Crippen molar-refractivity contribution in [2.24, 2.45) is 0 Å². The van der Waals surface area contributed by atoms with Gasteiger partial charge in [-0.15, -0.1) is 0 Å². The number of rotatable bonds is 5. The van der Waals surface area contributed by atoms with Gasteiger partial charge in [-0.05, 0) is 26.0 Å². The number of esters is 1. The minimum atomic E-state index is -0.639. The Labute approximate surface area is 171 Å². The van der Waals surface area contributed by atoms with E-state index in [2.05, 4.69) is 10.1 Å². The molecule has 2 heterocycles. The van der Waals surface area contributed by atoms with Crippen LogP contribution in [0.4, 0.5) is 5.69 Å². The zero-order valence-electron chi connectivity index (χ0n) is 16.3. The van der Waals surface area contributed by atoms with Crippen molar-refractivity contribution in [1.82, 2.24) is 10.1 Å². The lowest BCUT2D eigenvalue weighted by Crippen LogP contribution is -2.08. The first-order valence-electron chi connectivity index (χ1n) is 9.17. The maximum Gasteiger partial charge on any atom is 0.339 e. The minimum absolute atomic E-state index is 0.105. The number of carbonyl (C=O) groups is 1. The predicted molar refractivity (Wildman–Crippen MR) is 109 cm³/mol. The van der Waals surface area contributed by atoms with E-state index >= 15 is 0 Å². The average Bonchev–Trinajstić information content (AvgIpc) is 3.13. The zero-order chi connectivity index (χ0) is 21.3. The van der Waals surface area contributed by atoms with Crippen LogP contribution in [-0.4, -0.2) is 21.0 Å². The number of para-hydroxylation sites is 1. The van der Waals surface area contributed by atoms with Gasteiger partial charge in [0.15, 0.2) is 0 Å². The normalized spacial score (nSPS) is 10.9. The molecule has 0 saturated carbocycles. The van der Waals surface area contributed by atoms with Crippen LogP contribution in [-0.2, 0) is 11.3 Å². The number of nitro benzene ring substituents is 1. The maximum atomic E-state index is 12.9. The number of carbonyl (C=O) groups excluding carboxylic acids is 1. The molecule has 2 aromatic carbocycles. The van der Waals surface area contributed by atoms with E-state index in [4.69, 9.17) is 9.26 Å². The van der Waals surface area contributed by atoms with Crippen LogP contribution in [0.3, 0.4) is 0 Å². The molecular weight excluding hydrogens is 386 g/mol. The summed E-state index contributed by atoms with van der Waals surface area (Å²) in [5, 5.41) is 15.5. The lowest BCUT2D eigenvalue weighted by molar-refractivity contribution is -0.385. The lowest BCUT2D eigenvalue weighted by Gasteiger charge is -2.08. The van der Waals surface area contributed by atoms with E-state index in [0.29, 0.717) is 22.3 Å². The molecule has 0 aliphatic carbocycles. The molecule has 150 valence electrons. The molecule has 0 bridgehead atoms. The van der Waals surface area contributed by atoms with E-state index in [1.165, 1.54) is 6.07 Å². The van der Waals surface area contributed by atoms with Gasteiger partial charge in [0.05, 0.1) is 32.8 Å². The number of nitrogens with zero attached hydrogens (tertiary/aromatic N) is 3. The van der Waals surface area contributed by atoms with E-state index in [0.717, 1.165) is 11.1 Å². The summed E-state index contributed by atoms with van der Waals surface area (Å²) in [5.41, 5.74) is 3.62. The standard InChI is InChI=1S/C22H17N3O5/c1-13-7-9-15(10-8-13)18-11-17(20-14(2)24-30-21(20)23-18)22(26)29-12-16-5-3-4-6-19(16)25(27)28/h3-11H,12H2,1-2H3. The Bertz CT molecular complexity index is 1260. The van der Waals surface area contributed by atoms with Crippen LogP contribution in [0, 0.1) is 24.0 Å². The fourth-order valence-corrected chi connectivity index (χ4v) is 3.16. The summed E-state index contributed by atoms with van der Waals surface area (Å²) in [6, 6.07) is 15.4. The number of ether oxygens (including phenoxy) is 1. The number of benzene rings is 2. The second-order valence-electron chi connectivity index (χ2n) is 6.83. The van der Waals surface area contributed by atoms with Crippen molar-refractivity contribution < 1.29 is 19.0 Å². The number of fused-ring (bicyclic) bond motifs is 1. The SMILES string of the molecule is Cc1ccc(-c2cc(C(=O)OCc3ccccc3[N+](=O)[O-])c3c(C)noc3n2)cc1. The van der Waals surface area contributed by atoms with Gasteiger partial charge in [0.2, 0.25) is 0 Å². The van der Waals surface area contributed by atoms with Gasteiger partial charge in [-0.3, -0.25) is 10.1 Å². The fourth-order valence-electron chi connectivity index (χ4n) is 3.16. The summed E-state index contributed by atoms with van der Waals surface area (Å²) in [4.78, 5) is 28.1. The van der Waals surface area contributed by atoms with Crippen molar-refractivity contribution >= 4 is 22.8 Å². The smallest absolute Gasteiger partial charge is 0.339 e. The van der Waals surface area contributed by atoms with Gasteiger partial charge in [0.1, 0.15) is 6.61 Å². The largest absolute Gasteiger partial charge is 0.457 e. The first kappa shape index (κ1) is 19.3. The molecule has 0 fully saturated rings. The van der Waals surface area contributed by atoms with E-state index in [-0.39, 0.29) is 23.6 Å². The molecule has 0 saturated heterocycles. The molecule has 30 heavy (non-hydrogen) atoms. The molecule has 8 nitrogen and oxygen atoms in total. The molecule has 8 heteroatoms. The second kappa shape index (κ2) is 7.75. The number of nitro groups is 1. The monoisotopic (exact) mass is 403 g/mol. The van der Waals surface area contributed by atoms with Crippen molar-refractivity contribution in [3.8, 4) is 11.3 Å². The first-order chi connectivity index (χ1) is 14.4. The quantitative estimate of drug-likeness (QED) is 0.268. The number of pyridine rings is 1. The molecule has 4 aromatic rings. The Hall–Kier alpha value is -4.07. The number of aromatic nitrogens is 2. The highest BCUT2D eigenvalue weighted by molar-refractivity contribution is 6.04. The lowest BCUT2D eigenvalue weighted by atomic mass is 10.0. The Balaban J connectivity index is 1.70. The van der Waals surface area contributed by atoms with Crippen molar-refractivity contribution in [3.63, 3.8) is 0 Å². The van der Waals surface area contributed by atoms with E-state index in [1.54, 1.807) is 31.2 Å². The molecule has 0 radical (unpaired) electrons. The molecule has 0 aliphatic rings. The maximum absolute atomic E-state index is 12.9. The highest BCUT2D eigenvalue weighted by atomic mass is 16.6. The van der Waals surface area contributed by atoms with Crippen LogP contribution in [0.2, 0.25) is 0 Å². The van der Waals surface area contributed by atoms with Crippen LogP contribution < -0.4 is 0 Å². The van der Waals surface area contributed by atoms with Gasteiger partial charge < -0.3 is 9.26 Å². The summed E-state index contributed by atoms with van der Waals surface area (Å²) in [6.07, 6.45) is 0. The number of aryl methyl sites for hydroxylation is 2. The van der Waals surface area contributed by atoms with Crippen LogP contribution in [0.25, 0.3) is 22.4 Å². The summed E-state index contributed by atoms with van der Waals surface area (Å²) < 4.78 is 10.7. The number of hydrogen-bond donors (Lipinski definition) is 0. The van der Waals surface area contributed by atoms with E-state index < -0.39 is 10.9 Å². The third-order valence-electron chi connectivity index (χ3n) is 4.73. The molecule has 0 amide bonds. The summed E-state index contributed by atoms with van der Waals surface area (Å²) in [5.74, 6) is -0.639. The Morgan fingerprint density at radius 1 is 1.13 bits per heavy atom. The van der Waals surface area contributed by atoms with E-state index in [1.807, 2.05) is 31.2 Å². The average molecular weight is 403 g/mol. The van der Waals surface area contributed by atoms with Crippen molar-refractivity contribution in [1.29, 1.82) is 0 Å². The van der Waals surface area contributed by atoms with Gasteiger partial charge in [0, 0.05) is 11.6 Å². The molecule has 4 rings (SSSR count). The third-order valence-corrected chi connectivity index (χ3v) is 4.73. The second-order valence-corrected chi connectivity index (χ2v) is 6.83. The Morgan fingerprint density at radius 3 is 2.60 bits per heavy atom. The number of hydrogen-bond acceptors (Lipinski definition) is 7. The highest BCUT2D eigenvalue weighted by Crippen LogP contribution is 2.28.